The summed E-state index contributed by atoms with van der Waals surface area (Å²) in [5.41, 5.74) is 7.91. The molecule has 1 aliphatic carbocycles. The number of hydrogen-bond acceptors (Lipinski definition) is 0. The zero-order chi connectivity index (χ0) is 21.8. The fourth-order valence-corrected chi connectivity index (χ4v) is 5.64. The first-order valence-corrected chi connectivity index (χ1v) is 13.0. The van der Waals surface area contributed by atoms with Crippen LogP contribution in [0.15, 0.2) is 82.3 Å². The van der Waals surface area contributed by atoms with Gasteiger partial charge in [0, 0.05) is 14.4 Å². The summed E-state index contributed by atoms with van der Waals surface area (Å²) in [6, 6.07) is 22.3. The topological polar surface area (TPSA) is 0 Å². The second-order valence-electron chi connectivity index (χ2n) is 8.65. The van der Waals surface area contributed by atoms with Crippen molar-refractivity contribution in [2.24, 2.45) is 0 Å². The summed E-state index contributed by atoms with van der Waals surface area (Å²) in [7, 11) is 0. The first kappa shape index (κ1) is 22.6. The summed E-state index contributed by atoms with van der Waals surface area (Å²) in [5, 5.41) is 0. The highest BCUT2D eigenvalue weighted by atomic mass is 79.9. The number of rotatable bonds is 9. The van der Waals surface area contributed by atoms with Crippen molar-refractivity contribution in [3.05, 3.63) is 93.4 Å². The van der Waals surface area contributed by atoms with E-state index < -0.39 is 0 Å². The van der Waals surface area contributed by atoms with Crippen LogP contribution in [0.2, 0.25) is 0 Å². The first-order chi connectivity index (χ1) is 15.1. The van der Waals surface area contributed by atoms with E-state index in [1.807, 2.05) is 0 Å². The maximum atomic E-state index is 4.36. The Labute approximate surface area is 204 Å². The van der Waals surface area contributed by atoms with Gasteiger partial charge in [-0.3, -0.25) is 0 Å². The lowest BCUT2D eigenvalue weighted by atomic mass is 9.74. The molecule has 3 aromatic carbocycles. The molecule has 0 N–H and O–H groups in total. The zero-order valence-corrected chi connectivity index (χ0v) is 21.4. The summed E-state index contributed by atoms with van der Waals surface area (Å²) in [6.07, 6.45) is 11.2. The van der Waals surface area contributed by atoms with Crippen LogP contribution in [0.5, 0.6) is 0 Å². The second-order valence-corrected chi connectivity index (χ2v) is 10.5. The highest BCUT2D eigenvalue weighted by Crippen LogP contribution is 2.53. The van der Waals surface area contributed by atoms with Crippen molar-refractivity contribution >= 4 is 31.9 Å². The number of fused-ring (bicyclic) bond motifs is 3. The van der Waals surface area contributed by atoms with E-state index in [1.54, 1.807) is 0 Å². The van der Waals surface area contributed by atoms with E-state index in [0.29, 0.717) is 0 Å². The standard InChI is InChI=1S/C29H30Br2/c1-3-5-6-7-8-9-18-29(4-2)27-19-22(21-10-13-23(30)14-11-21)12-16-25(27)26-17-15-24(31)20-28(26)29/h4,10-17,19-20H,2-3,5-9,18H2,1H3. The molecule has 1 aliphatic rings. The van der Waals surface area contributed by atoms with Gasteiger partial charge in [0.2, 0.25) is 0 Å². The monoisotopic (exact) mass is 536 g/mol. The molecular weight excluding hydrogens is 508 g/mol. The van der Waals surface area contributed by atoms with Crippen molar-refractivity contribution in [3.63, 3.8) is 0 Å². The summed E-state index contributed by atoms with van der Waals surface area (Å²) in [6.45, 7) is 6.64. The lowest BCUT2D eigenvalue weighted by Gasteiger charge is -2.29. The summed E-state index contributed by atoms with van der Waals surface area (Å²) in [5.74, 6) is 0. The molecule has 4 rings (SSSR count). The molecule has 0 aliphatic heterocycles. The predicted molar refractivity (Wildman–Crippen MR) is 142 cm³/mol. The Hall–Kier alpha value is -1.64. The SMILES string of the molecule is C=CC1(CCCCCCCC)c2cc(Br)ccc2-c2ccc(-c3ccc(Br)cc3)cc21. The summed E-state index contributed by atoms with van der Waals surface area (Å²) in [4.78, 5) is 0. The molecule has 3 aromatic rings. The minimum Gasteiger partial charge on any atom is -0.102 e. The molecule has 0 bridgehead atoms. The van der Waals surface area contributed by atoms with Gasteiger partial charge in [0.15, 0.2) is 0 Å². The van der Waals surface area contributed by atoms with E-state index in [0.717, 1.165) is 15.4 Å². The molecule has 1 atom stereocenters. The van der Waals surface area contributed by atoms with Gasteiger partial charge in [0.25, 0.3) is 0 Å². The van der Waals surface area contributed by atoms with E-state index in [1.165, 1.54) is 71.9 Å². The van der Waals surface area contributed by atoms with Crippen molar-refractivity contribution in [3.8, 4) is 22.3 Å². The van der Waals surface area contributed by atoms with Crippen LogP contribution in [-0.4, -0.2) is 0 Å². The Kier molecular flexibility index (Phi) is 7.19. The Morgan fingerprint density at radius 2 is 1.29 bits per heavy atom. The minimum absolute atomic E-state index is 0.120. The van der Waals surface area contributed by atoms with Gasteiger partial charge in [-0.05, 0) is 70.1 Å². The van der Waals surface area contributed by atoms with Crippen molar-refractivity contribution in [1.82, 2.24) is 0 Å². The molecule has 0 saturated carbocycles. The highest BCUT2D eigenvalue weighted by Gasteiger charge is 2.40. The molecule has 0 heterocycles. The highest BCUT2D eigenvalue weighted by molar-refractivity contribution is 9.10. The Balaban J connectivity index is 1.73. The quantitative estimate of drug-likeness (QED) is 0.188. The number of unbranched alkanes of at least 4 members (excludes halogenated alkanes) is 5. The van der Waals surface area contributed by atoms with Gasteiger partial charge in [0.1, 0.15) is 0 Å². The third-order valence-electron chi connectivity index (χ3n) is 6.70. The van der Waals surface area contributed by atoms with Crippen LogP contribution in [0.1, 0.15) is 63.0 Å². The van der Waals surface area contributed by atoms with Crippen molar-refractivity contribution < 1.29 is 0 Å². The maximum Gasteiger partial charge on any atom is 0.0392 e. The van der Waals surface area contributed by atoms with Crippen LogP contribution < -0.4 is 0 Å². The fraction of sp³-hybridized carbons (Fsp3) is 0.310. The second kappa shape index (κ2) is 9.88. The van der Waals surface area contributed by atoms with Crippen LogP contribution in [0, 0.1) is 0 Å². The van der Waals surface area contributed by atoms with Gasteiger partial charge >= 0.3 is 0 Å². The summed E-state index contributed by atoms with van der Waals surface area (Å²) < 4.78 is 2.25. The predicted octanol–water partition coefficient (Wildman–Crippen LogP) is 10.1. The molecule has 160 valence electrons. The zero-order valence-electron chi connectivity index (χ0n) is 18.3. The van der Waals surface area contributed by atoms with Crippen molar-refractivity contribution in [2.75, 3.05) is 0 Å². The van der Waals surface area contributed by atoms with Crippen LogP contribution in [0.25, 0.3) is 22.3 Å². The average Bonchev–Trinajstić information content (AvgIpc) is 3.05. The van der Waals surface area contributed by atoms with Gasteiger partial charge in [-0.1, -0.05) is 114 Å². The Morgan fingerprint density at radius 3 is 2.00 bits per heavy atom. The van der Waals surface area contributed by atoms with Crippen LogP contribution in [0.3, 0.4) is 0 Å². The molecule has 1 unspecified atom stereocenters. The molecule has 2 heteroatoms. The molecule has 0 aromatic heterocycles. The van der Waals surface area contributed by atoms with Crippen molar-refractivity contribution in [2.45, 2.75) is 57.3 Å². The lowest BCUT2D eigenvalue weighted by Crippen LogP contribution is -2.22. The molecule has 0 nitrogen and oxygen atoms in total. The van der Waals surface area contributed by atoms with Crippen LogP contribution in [-0.2, 0) is 5.41 Å². The molecule has 0 fully saturated rings. The van der Waals surface area contributed by atoms with E-state index in [2.05, 4.69) is 112 Å². The number of hydrogen-bond donors (Lipinski definition) is 0. The Bertz CT molecular complexity index is 1060. The average molecular weight is 538 g/mol. The van der Waals surface area contributed by atoms with Gasteiger partial charge in [-0.25, -0.2) is 0 Å². The number of halogens is 2. The first-order valence-electron chi connectivity index (χ1n) is 11.4. The third-order valence-corrected chi connectivity index (χ3v) is 7.73. The largest absolute Gasteiger partial charge is 0.102 e. The Morgan fingerprint density at radius 1 is 0.710 bits per heavy atom. The molecule has 0 spiro atoms. The van der Waals surface area contributed by atoms with Crippen LogP contribution >= 0.6 is 31.9 Å². The van der Waals surface area contributed by atoms with Gasteiger partial charge in [-0.15, -0.1) is 6.58 Å². The van der Waals surface area contributed by atoms with Gasteiger partial charge < -0.3 is 0 Å². The number of benzene rings is 3. The molecule has 0 saturated heterocycles. The third kappa shape index (κ3) is 4.47. The molecule has 31 heavy (non-hydrogen) atoms. The van der Waals surface area contributed by atoms with Gasteiger partial charge in [-0.2, -0.15) is 0 Å². The van der Waals surface area contributed by atoms with Crippen LogP contribution in [0.4, 0.5) is 0 Å². The van der Waals surface area contributed by atoms with E-state index in [9.17, 15) is 0 Å². The lowest BCUT2D eigenvalue weighted by molar-refractivity contribution is 0.518. The number of allylic oxidation sites excluding steroid dienone is 1. The maximum absolute atomic E-state index is 4.36. The molecule has 0 radical (unpaired) electrons. The molecule has 0 amide bonds. The normalized spacial score (nSPS) is 16.7. The minimum atomic E-state index is -0.120. The summed E-state index contributed by atoms with van der Waals surface area (Å²) >= 11 is 7.28. The fourth-order valence-electron chi connectivity index (χ4n) is 5.01. The van der Waals surface area contributed by atoms with Gasteiger partial charge in [0.05, 0.1) is 0 Å². The van der Waals surface area contributed by atoms with E-state index >= 15 is 0 Å². The smallest absolute Gasteiger partial charge is 0.0392 e. The van der Waals surface area contributed by atoms with Crippen molar-refractivity contribution in [1.29, 1.82) is 0 Å². The van der Waals surface area contributed by atoms with E-state index in [-0.39, 0.29) is 5.41 Å². The molecular formula is C29H30Br2. The van der Waals surface area contributed by atoms with E-state index in [4.69, 9.17) is 0 Å².